The lowest BCUT2D eigenvalue weighted by molar-refractivity contribution is 0.103. The summed E-state index contributed by atoms with van der Waals surface area (Å²) in [5.41, 5.74) is 1.14. The molecule has 1 heterocycles. The third kappa shape index (κ3) is 3.84. The van der Waals surface area contributed by atoms with Gasteiger partial charge < -0.3 is 5.32 Å². The van der Waals surface area contributed by atoms with Gasteiger partial charge in [0.1, 0.15) is 4.88 Å². The van der Waals surface area contributed by atoms with Crippen LogP contribution in [0.5, 0.6) is 0 Å². The van der Waals surface area contributed by atoms with Gasteiger partial charge in [0.25, 0.3) is 5.91 Å². The van der Waals surface area contributed by atoms with Crippen LogP contribution in [-0.4, -0.2) is 32.6 Å². The molecule has 1 aromatic carbocycles. The Morgan fingerprint density at radius 3 is 2.45 bits per heavy atom. The van der Waals surface area contributed by atoms with Gasteiger partial charge in [0.15, 0.2) is 5.13 Å². The van der Waals surface area contributed by atoms with Gasteiger partial charge in [-0.15, -0.1) is 0 Å². The number of hydrogen-bond donors (Lipinski definition) is 1. The van der Waals surface area contributed by atoms with E-state index in [0.717, 1.165) is 26.4 Å². The van der Waals surface area contributed by atoms with Gasteiger partial charge in [-0.25, -0.2) is 17.7 Å². The number of benzene rings is 1. The van der Waals surface area contributed by atoms with Crippen LogP contribution in [0.15, 0.2) is 28.7 Å². The molecule has 1 aromatic heterocycles. The van der Waals surface area contributed by atoms with Gasteiger partial charge in [-0.2, -0.15) is 0 Å². The van der Waals surface area contributed by atoms with Gasteiger partial charge in [0, 0.05) is 17.2 Å². The van der Waals surface area contributed by atoms with Crippen molar-refractivity contribution >= 4 is 54.0 Å². The Morgan fingerprint density at radius 2 is 1.91 bits per heavy atom. The number of nitrogens with zero attached hydrogens (tertiary/aromatic N) is 2. The van der Waals surface area contributed by atoms with Gasteiger partial charge >= 0.3 is 0 Å². The van der Waals surface area contributed by atoms with Crippen molar-refractivity contribution in [2.45, 2.75) is 6.92 Å². The first-order chi connectivity index (χ1) is 10.2. The molecule has 1 amide bonds. The first kappa shape index (κ1) is 16.9. The number of hydrogen-bond acceptors (Lipinski definition) is 5. The molecule has 0 aliphatic rings. The smallest absolute Gasteiger partial charge is 0.267 e. The molecule has 0 atom stereocenters. The second-order valence-electron chi connectivity index (χ2n) is 4.60. The molecule has 0 aliphatic carbocycles. The molecule has 0 spiro atoms. The predicted molar refractivity (Wildman–Crippen MR) is 92.2 cm³/mol. The van der Waals surface area contributed by atoms with Crippen molar-refractivity contribution in [2.75, 3.05) is 22.9 Å². The maximum atomic E-state index is 12.3. The first-order valence-corrected chi connectivity index (χ1v) is 9.62. The van der Waals surface area contributed by atoms with Crippen LogP contribution in [-0.2, 0) is 10.0 Å². The Kier molecular flexibility index (Phi) is 4.88. The predicted octanol–water partition coefficient (Wildman–Crippen LogP) is 2.86. The van der Waals surface area contributed by atoms with Crippen LogP contribution in [0.4, 0.5) is 10.8 Å². The lowest BCUT2D eigenvalue weighted by Gasteiger charge is -2.11. The number of rotatable bonds is 4. The van der Waals surface area contributed by atoms with Crippen LogP contribution in [0.1, 0.15) is 15.4 Å². The third-order valence-electron chi connectivity index (χ3n) is 2.86. The quantitative estimate of drug-likeness (QED) is 0.850. The van der Waals surface area contributed by atoms with E-state index in [-0.39, 0.29) is 11.0 Å². The lowest BCUT2D eigenvalue weighted by Crippen LogP contribution is -2.24. The highest BCUT2D eigenvalue weighted by molar-refractivity contribution is 9.10. The minimum atomic E-state index is -3.40. The van der Waals surface area contributed by atoms with Crippen LogP contribution >= 0.6 is 27.3 Å². The fraction of sp³-hybridized carbons (Fsp3) is 0.231. The van der Waals surface area contributed by atoms with E-state index in [9.17, 15) is 13.2 Å². The SMILES string of the molecule is Cc1nc(N(C)S(C)(=O)=O)sc1C(=O)Nc1ccc(Br)cc1. The fourth-order valence-corrected chi connectivity index (χ4v) is 3.53. The van der Waals surface area contributed by atoms with Crippen LogP contribution < -0.4 is 9.62 Å². The molecule has 0 saturated heterocycles. The number of amides is 1. The van der Waals surface area contributed by atoms with E-state index >= 15 is 0 Å². The Bertz CT molecular complexity index is 800. The van der Waals surface area contributed by atoms with Crippen LogP contribution in [0.2, 0.25) is 0 Å². The molecule has 1 N–H and O–H groups in total. The molecule has 0 unspecified atom stereocenters. The summed E-state index contributed by atoms with van der Waals surface area (Å²) in [4.78, 5) is 16.8. The van der Waals surface area contributed by atoms with Crippen LogP contribution in [0.25, 0.3) is 0 Å². The molecule has 2 aromatic rings. The number of sulfonamides is 1. The molecular formula is C13H14BrN3O3S2. The molecule has 0 fully saturated rings. The summed E-state index contributed by atoms with van der Waals surface area (Å²) in [6, 6.07) is 7.17. The highest BCUT2D eigenvalue weighted by Crippen LogP contribution is 2.27. The zero-order valence-corrected chi connectivity index (χ0v) is 15.3. The lowest BCUT2D eigenvalue weighted by atomic mass is 10.3. The summed E-state index contributed by atoms with van der Waals surface area (Å²) in [5.74, 6) is -0.314. The Balaban J connectivity index is 2.24. The molecule has 0 bridgehead atoms. The zero-order valence-electron chi connectivity index (χ0n) is 12.1. The maximum Gasteiger partial charge on any atom is 0.267 e. The highest BCUT2D eigenvalue weighted by atomic mass is 79.9. The van der Waals surface area contributed by atoms with Crippen molar-refractivity contribution in [1.29, 1.82) is 0 Å². The third-order valence-corrected chi connectivity index (χ3v) is 5.91. The molecule has 22 heavy (non-hydrogen) atoms. The summed E-state index contributed by atoms with van der Waals surface area (Å²) in [7, 11) is -2.00. The average molecular weight is 404 g/mol. The Labute approximate surface area is 141 Å². The largest absolute Gasteiger partial charge is 0.321 e. The number of thiazole rings is 1. The van der Waals surface area contributed by atoms with Crippen molar-refractivity contribution < 1.29 is 13.2 Å². The Hall–Kier alpha value is -1.45. The number of halogens is 1. The van der Waals surface area contributed by atoms with Crippen LogP contribution in [0.3, 0.4) is 0 Å². The summed E-state index contributed by atoms with van der Waals surface area (Å²) in [5, 5.41) is 3.02. The van der Waals surface area contributed by atoms with Crippen molar-refractivity contribution in [2.24, 2.45) is 0 Å². The number of carbonyl (C=O) groups excluding carboxylic acids is 1. The van der Waals surface area contributed by atoms with Crippen molar-refractivity contribution in [3.63, 3.8) is 0 Å². The number of anilines is 2. The average Bonchev–Trinajstić information content (AvgIpc) is 2.81. The monoisotopic (exact) mass is 403 g/mol. The molecule has 118 valence electrons. The standard InChI is InChI=1S/C13H14BrN3O3S2/c1-8-11(21-13(15-8)17(2)22(3,19)20)12(18)16-10-6-4-9(14)5-7-10/h4-7H,1-3H3,(H,16,18). The van der Waals surface area contributed by atoms with E-state index in [2.05, 4.69) is 26.2 Å². The number of carbonyl (C=O) groups is 1. The molecule has 0 aliphatic heterocycles. The summed E-state index contributed by atoms with van der Waals surface area (Å²) in [6.07, 6.45) is 1.09. The van der Waals surface area contributed by atoms with Crippen molar-refractivity contribution in [1.82, 2.24) is 4.98 Å². The van der Waals surface area contributed by atoms with E-state index in [1.165, 1.54) is 7.05 Å². The molecule has 6 nitrogen and oxygen atoms in total. The number of aromatic nitrogens is 1. The van der Waals surface area contributed by atoms with Gasteiger partial charge in [-0.05, 0) is 31.2 Å². The molecule has 0 radical (unpaired) electrons. The van der Waals surface area contributed by atoms with E-state index < -0.39 is 10.0 Å². The minimum absolute atomic E-state index is 0.265. The number of nitrogens with one attached hydrogen (secondary N) is 1. The minimum Gasteiger partial charge on any atom is -0.321 e. The molecule has 2 rings (SSSR count). The normalized spacial score (nSPS) is 11.3. The molecule has 0 saturated carbocycles. The van der Waals surface area contributed by atoms with Gasteiger partial charge in [-0.1, -0.05) is 27.3 Å². The van der Waals surface area contributed by atoms with Gasteiger partial charge in [0.05, 0.1) is 11.9 Å². The molecule has 9 heteroatoms. The summed E-state index contributed by atoms with van der Waals surface area (Å²) >= 11 is 4.36. The Morgan fingerprint density at radius 1 is 1.32 bits per heavy atom. The topological polar surface area (TPSA) is 79.4 Å². The fourth-order valence-electron chi connectivity index (χ4n) is 1.59. The highest BCUT2D eigenvalue weighted by Gasteiger charge is 2.21. The zero-order chi connectivity index (χ0) is 16.5. The maximum absolute atomic E-state index is 12.3. The van der Waals surface area contributed by atoms with E-state index in [0.29, 0.717) is 16.3 Å². The van der Waals surface area contributed by atoms with Crippen molar-refractivity contribution in [3.8, 4) is 0 Å². The van der Waals surface area contributed by atoms with Gasteiger partial charge in [-0.3, -0.25) is 4.79 Å². The first-order valence-electron chi connectivity index (χ1n) is 6.16. The van der Waals surface area contributed by atoms with E-state index in [4.69, 9.17) is 0 Å². The van der Waals surface area contributed by atoms with E-state index in [1.54, 1.807) is 19.1 Å². The van der Waals surface area contributed by atoms with Crippen molar-refractivity contribution in [3.05, 3.63) is 39.3 Å². The summed E-state index contributed by atoms with van der Waals surface area (Å²) < 4.78 is 25.0. The number of aryl methyl sites for hydroxylation is 1. The van der Waals surface area contributed by atoms with Crippen LogP contribution in [0, 0.1) is 6.92 Å². The molecular weight excluding hydrogens is 390 g/mol. The van der Waals surface area contributed by atoms with Gasteiger partial charge in [0.2, 0.25) is 10.0 Å². The summed E-state index contributed by atoms with van der Waals surface area (Å²) in [6.45, 7) is 1.67. The second kappa shape index (κ2) is 6.35. The van der Waals surface area contributed by atoms with E-state index in [1.807, 2.05) is 12.1 Å². The second-order valence-corrected chi connectivity index (χ2v) is 8.51.